The van der Waals surface area contributed by atoms with Crippen molar-refractivity contribution in [1.29, 1.82) is 0 Å². The Hall–Kier alpha value is -1.71. The summed E-state index contributed by atoms with van der Waals surface area (Å²) in [7, 11) is -3.72. The van der Waals surface area contributed by atoms with Gasteiger partial charge in [0.25, 0.3) is 0 Å². The van der Waals surface area contributed by atoms with Crippen LogP contribution in [0.2, 0.25) is 20.1 Å². The number of amides is 2. The Morgan fingerprint density at radius 2 is 1.59 bits per heavy atom. The molecule has 1 atom stereocenters. The third-order valence-electron chi connectivity index (χ3n) is 5.38. The Bertz CT molecular complexity index is 1230. The van der Waals surface area contributed by atoms with Crippen LogP contribution < -0.4 is 9.62 Å². The lowest BCUT2D eigenvalue weighted by Gasteiger charge is -2.32. The van der Waals surface area contributed by atoms with Crippen molar-refractivity contribution in [1.82, 2.24) is 10.2 Å². The predicted molar refractivity (Wildman–Crippen MR) is 152 cm³/mol. The van der Waals surface area contributed by atoms with Crippen LogP contribution >= 0.6 is 46.4 Å². The molecule has 0 heterocycles. The molecule has 0 aliphatic carbocycles. The van der Waals surface area contributed by atoms with E-state index in [1.54, 1.807) is 31.2 Å². The van der Waals surface area contributed by atoms with Crippen LogP contribution in [-0.4, -0.2) is 49.5 Å². The number of benzene rings is 2. The molecule has 1 N–H and O–H groups in total. The van der Waals surface area contributed by atoms with Gasteiger partial charge in [-0.2, -0.15) is 0 Å². The zero-order valence-electron chi connectivity index (χ0n) is 21.3. The lowest BCUT2D eigenvalue weighted by molar-refractivity contribution is -0.141. The van der Waals surface area contributed by atoms with Crippen LogP contribution in [0.1, 0.15) is 46.1 Å². The van der Waals surface area contributed by atoms with Crippen molar-refractivity contribution in [3.8, 4) is 0 Å². The van der Waals surface area contributed by atoms with Crippen LogP contribution in [0.15, 0.2) is 36.4 Å². The number of carbonyl (C=O) groups is 2. The van der Waals surface area contributed by atoms with E-state index in [1.165, 1.54) is 17.0 Å². The molecule has 204 valence electrons. The number of anilines is 1. The fourth-order valence-corrected chi connectivity index (χ4v) is 5.49. The molecule has 12 heteroatoms. The molecule has 2 aromatic rings. The maximum Gasteiger partial charge on any atom is 0.242 e. The molecule has 0 saturated carbocycles. The van der Waals surface area contributed by atoms with Crippen LogP contribution in [0.5, 0.6) is 0 Å². The van der Waals surface area contributed by atoms with E-state index in [1.807, 2.05) is 20.8 Å². The predicted octanol–water partition coefficient (Wildman–Crippen LogP) is 6.18. The Kier molecular flexibility index (Phi) is 11.0. The third-order valence-corrected chi connectivity index (χ3v) is 7.83. The largest absolute Gasteiger partial charge is 0.350 e. The first kappa shape index (κ1) is 31.5. The summed E-state index contributed by atoms with van der Waals surface area (Å²) in [6.45, 7) is 7.14. The lowest BCUT2D eigenvalue weighted by atomic mass is 10.1. The second-order valence-corrected chi connectivity index (χ2v) is 13.2. The van der Waals surface area contributed by atoms with Gasteiger partial charge in [0.15, 0.2) is 0 Å². The van der Waals surface area contributed by atoms with Gasteiger partial charge in [-0.05, 0) is 64.4 Å². The van der Waals surface area contributed by atoms with Crippen molar-refractivity contribution in [2.75, 3.05) is 17.1 Å². The van der Waals surface area contributed by atoms with Crippen molar-refractivity contribution in [2.45, 2.75) is 58.7 Å². The molecule has 0 aromatic heterocycles. The summed E-state index contributed by atoms with van der Waals surface area (Å²) < 4.78 is 26.1. The molecule has 0 fully saturated rings. The Morgan fingerprint density at radius 3 is 2.14 bits per heavy atom. The van der Waals surface area contributed by atoms with Gasteiger partial charge >= 0.3 is 0 Å². The first-order valence-corrected chi connectivity index (χ1v) is 14.8. The quantitative estimate of drug-likeness (QED) is 0.348. The Balaban J connectivity index is 2.28. The molecule has 2 aromatic carbocycles. The van der Waals surface area contributed by atoms with Gasteiger partial charge in [-0.25, -0.2) is 8.42 Å². The molecule has 0 saturated heterocycles. The van der Waals surface area contributed by atoms with E-state index in [0.717, 1.165) is 10.6 Å². The van der Waals surface area contributed by atoms with Crippen molar-refractivity contribution in [2.24, 2.45) is 0 Å². The minimum atomic E-state index is -3.72. The second-order valence-electron chi connectivity index (χ2n) is 9.67. The zero-order chi connectivity index (χ0) is 28.1. The van der Waals surface area contributed by atoms with E-state index in [0.29, 0.717) is 20.6 Å². The van der Waals surface area contributed by atoms with Gasteiger partial charge in [0.2, 0.25) is 21.8 Å². The van der Waals surface area contributed by atoms with Crippen molar-refractivity contribution in [3.63, 3.8) is 0 Å². The highest BCUT2D eigenvalue weighted by molar-refractivity contribution is 7.92. The van der Waals surface area contributed by atoms with E-state index in [4.69, 9.17) is 46.4 Å². The third kappa shape index (κ3) is 9.21. The molecule has 7 nitrogen and oxygen atoms in total. The van der Waals surface area contributed by atoms with Crippen LogP contribution in [0.3, 0.4) is 0 Å². The Morgan fingerprint density at radius 1 is 1.00 bits per heavy atom. The topological polar surface area (TPSA) is 86.8 Å². The van der Waals surface area contributed by atoms with Crippen LogP contribution in [0, 0.1) is 0 Å². The number of rotatable bonds is 10. The number of carbonyl (C=O) groups excluding carboxylic acids is 2. The Labute approximate surface area is 239 Å². The molecule has 0 aliphatic heterocycles. The highest BCUT2D eigenvalue weighted by atomic mass is 35.5. The van der Waals surface area contributed by atoms with E-state index in [9.17, 15) is 18.0 Å². The highest BCUT2D eigenvalue weighted by Crippen LogP contribution is 2.31. The molecule has 0 spiro atoms. The summed E-state index contributed by atoms with van der Waals surface area (Å²) in [5.41, 5.74) is 0.230. The number of nitrogens with zero attached hydrogens (tertiary/aromatic N) is 2. The molecule has 0 radical (unpaired) electrons. The number of hydrogen-bond donors (Lipinski definition) is 1. The average Bonchev–Trinajstić information content (AvgIpc) is 2.76. The van der Waals surface area contributed by atoms with Gasteiger partial charge in [0.05, 0.1) is 17.0 Å². The van der Waals surface area contributed by atoms with E-state index >= 15 is 0 Å². The summed E-state index contributed by atoms with van der Waals surface area (Å²) >= 11 is 25.0. The fraction of sp³-hybridized carbons (Fsp3) is 0.440. The van der Waals surface area contributed by atoms with Gasteiger partial charge in [-0.15, -0.1) is 0 Å². The first-order chi connectivity index (χ1) is 17.0. The SMILES string of the molecule is CC(C(=O)NC(C)(C)C)N(Cc1c(Cl)cccc1Cl)C(=O)CCCN(c1cc(Cl)ccc1Cl)S(C)(=O)=O. The highest BCUT2D eigenvalue weighted by Gasteiger charge is 2.30. The number of hydrogen-bond acceptors (Lipinski definition) is 4. The molecule has 2 rings (SSSR count). The first-order valence-electron chi connectivity index (χ1n) is 11.5. The molecule has 37 heavy (non-hydrogen) atoms. The minimum absolute atomic E-state index is 0.00593. The van der Waals surface area contributed by atoms with Gasteiger partial charge in [0, 0.05) is 45.7 Å². The molecule has 0 aliphatic rings. The van der Waals surface area contributed by atoms with Crippen molar-refractivity contribution < 1.29 is 18.0 Å². The summed E-state index contributed by atoms with van der Waals surface area (Å²) in [6, 6.07) is 8.68. The van der Waals surface area contributed by atoms with Crippen molar-refractivity contribution >= 4 is 73.9 Å². The van der Waals surface area contributed by atoms with E-state index < -0.39 is 21.6 Å². The van der Waals surface area contributed by atoms with Gasteiger partial charge in [-0.1, -0.05) is 52.5 Å². The lowest BCUT2D eigenvalue weighted by Crippen LogP contribution is -2.52. The molecular weight excluding hydrogens is 580 g/mol. The average molecular weight is 611 g/mol. The molecule has 1 unspecified atom stereocenters. The zero-order valence-corrected chi connectivity index (χ0v) is 25.2. The molecule has 2 amide bonds. The molecular formula is C25H31Cl4N3O4S. The number of halogens is 4. The normalized spacial score (nSPS) is 12.7. The van der Waals surface area contributed by atoms with Crippen LogP contribution in [0.25, 0.3) is 0 Å². The van der Waals surface area contributed by atoms with E-state index in [2.05, 4.69) is 5.32 Å². The second kappa shape index (κ2) is 12.9. The maximum atomic E-state index is 13.4. The molecule has 0 bridgehead atoms. The van der Waals surface area contributed by atoms with Crippen LogP contribution in [0.4, 0.5) is 5.69 Å². The summed E-state index contributed by atoms with van der Waals surface area (Å²) in [5, 5.41) is 4.16. The van der Waals surface area contributed by atoms with Gasteiger partial charge in [0.1, 0.15) is 6.04 Å². The summed E-state index contributed by atoms with van der Waals surface area (Å²) in [4.78, 5) is 27.8. The van der Waals surface area contributed by atoms with Crippen LogP contribution in [-0.2, 0) is 26.2 Å². The smallest absolute Gasteiger partial charge is 0.242 e. The maximum absolute atomic E-state index is 13.4. The monoisotopic (exact) mass is 609 g/mol. The van der Waals surface area contributed by atoms with Crippen molar-refractivity contribution in [3.05, 3.63) is 62.1 Å². The number of sulfonamides is 1. The summed E-state index contributed by atoms with van der Waals surface area (Å²) in [6.07, 6.45) is 1.17. The van der Waals surface area contributed by atoms with Gasteiger partial charge in [-0.3, -0.25) is 13.9 Å². The summed E-state index contributed by atoms with van der Waals surface area (Å²) in [5.74, 6) is -0.703. The minimum Gasteiger partial charge on any atom is -0.350 e. The van der Waals surface area contributed by atoms with Gasteiger partial charge < -0.3 is 10.2 Å². The fourth-order valence-electron chi connectivity index (χ4n) is 3.57. The standard InChI is InChI=1S/C25H31Cl4N3O4S/c1-16(24(34)30-25(2,3)4)31(15-18-19(27)8-6-9-20(18)28)23(33)10-7-13-32(37(5,35)36)22-14-17(26)11-12-21(22)29/h6,8-9,11-12,14,16H,7,10,13,15H2,1-5H3,(H,30,34). The number of nitrogens with one attached hydrogen (secondary N) is 1. The van der Waals surface area contributed by atoms with E-state index in [-0.39, 0.29) is 48.5 Å².